The summed E-state index contributed by atoms with van der Waals surface area (Å²) in [6.45, 7) is 0. The van der Waals surface area contributed by atoms with E-state index < -0.39 is 11.3 Å². The molecule has 8 nitrogen and oxygen atoms in total. The third-order valence-electron chi connectivity index (χ3n) is 3.34. The number of para-hydroxylation sites is 2. The Morgan fingerprint density at radius 2 is 1.00 bits per heavy atom. The molecule has 2 aromatic heterocycles. The van der Waals surface area contributed by atoms with Gasteiger partial charge in [0, 0.05) is 10.8 Å². The van der Waals surface area contributed by atoms with E-state index in [0.717, 1.165) is 10.8 Å². The second kappa shape index (κ2) is 14.5. The summed E-state index contributed by atoms with van der Waals surface area (Å²) >= 11 is 7.40. The molecule has 0 fully saturated rings. The number of nitriles is 2. The van der Waals surface area contributed by atoms with Crippen LogP contribution in [0.15, 0.2) is 79.1 Å². The van der Waals surface area contributed by atoms with Crippen molar-refractivity contribution in [2.75, 3.05) is 11.5 Å². The molecular formula is C20H14N4O4PtS2. The van der Waals surface area contributed by atoms with Gasteiger partial charge >= 0.3 is 32.3 Å². The summed E-state index contributed by atoms with van der Waals surface area (Å²) < 4.78 is 9.82. The molecule has 0 radical (unpaired) electrons. The minimum atomic E-state index is -0.478. The fraction of sp³-hybridized carbons (Fsp3) is 0. The van der Waals surface area contributed by atoms with E-state index in [1.165, 1.54) is 10.8 Å². The van der Waals surface area contributed by atoms with Gasteiger partial charge in [0.1, 0.15) is 22.5 Å². The predicted molar refractivity (Wildman–Crippen MR) is 120 cm³/mol. The molecule has 160 valence electrons. The van der Waals surface area contributed by atoms with Gasteiger partial charge in [-0.3, -0.25) is 0 Å². The summed E-state index contributed by atoms with van der Waals surface area (Å²) in [4.78, 5) is 21.9. The van der Waals surface area contributed by atoms with E-state index in [9.17, 15) is 9.59 Å². The van der Waals surface area contributed by atoms with Gasteiger partial charge in [-0.2, -0.15) is 0 Å². The molecule has 11 heteroatoms. The van der Waals surface area contributed by atoms with Crippen molar-refractivity contribution in [3.63, 3.8) is 0 Å². The topological polar surface area (TPSA) is 160 Å². The Hall–Kier alpha value is -3.43. The van der Waals surface area contributed by atoms with Crippen molar-refractivity contribution in [1.82, 2.24) is 0 Å². The monoisotopic (exact) mass is 633 g/mol. The number of rotatable bonds is 0. The van der Waals surface area contributed by atoms with Gasteiger partial charge in [-0.05, 0) is 24.3 Å². The van der Waals surface area contributed by atoms with Crippen molar-refractivity contribution in [3.05, 3.63) is 81.5 Å². The van der Waals surface area contributed by atoms with Gasteiger partial charge in [0.2, 0.25) is 0 Å². The van der Waals surface area contributed by atoms with E-state index in [-0.39, 0.29) is 32.4 Å². The molecule has 31 heavy (non-hydrogen) atoms. The summed E-state index contributed by atoms with van der Waals surface area (Å²) in [5.74, 6) is 0. The number of benzene rings is 2. The number of fused-ring (bicyclic) bond motifs is 2. The van der Waals surface area contributed by atoms with Gasteiger partial charge in [0.15, 0.2) is 0 Å². The Bertz CT molecular complexity index is 1220. The maximum atomic E-state index is 10.9. The van der Waals surface area contributed by atoms with Crippen LogP contribution in [0.1, 0.15) is 0 Å². The summed E-state index contributed by atoms with van der Waals surface area (Å²) in [6, 6.07) is 17.7. The Kier molecular flexibility index (Phi) is 12.9. The van der Waals surface area contributed by atoms with Crippen molar-refractivity contribution in [2.24, 2.45) is 0 Å². The van der Waals surface area contributed by atoms with Crippen molar-refractivity contribution >= 4 is 58.6 Å². The zero-order chi connectivity index (χ0) is 22.5. The average molecular weight is 634 g/mol. The fourth-order valence-electron chi connectivity index (χ4n) is 2.16. The molecule has 4 N–H and O–H groups in total. The Morgan fingerprint density at radius 1 is 0.710 bits per heavy atom. The van der Waals surface area contributed by atoms with Gasteiger partial charge in [-0.1, -0.05) is 47.2 Å². The number of anilines is 2. The second-order valence-corrected chi connectivity index (χ2v) is 5.60. The number of nitrogens with zero attached hydrogens (tertiary/aromatic N) is 2. The molecule has 0 unspecified atom stereocenters. The fourth-order valence-corrected chi connectivity index (χ4v) is 2.16. The minimum Gasteiger partial charge on any atom is -0.696 e. The molecule has 0 aliphatic rings. The molecular weight excluding hydrogens is 619 g/mol. The number of nitrogen functional groups attached to an aromatic ring is 2. The number of hydrogen-bond donors (Lipinski definition) is 2. The zero-order valence-corrected chi connectivity index (χ0v) is 19.5. The summed E-state index contributed by atoms with van der Waals surface area (Å²) in [5, 5.41) is 18.6. The Labute approximate surface area is 202 Å². The molecule has 2 heterocycles. The van der Waals surface area contributed by atoms with Crippen molar-refractivity contribution < 1.29 is 29.9 Å². The second-order valence-electron chi connectivity index (χ2n) is 5.24. The number of nitrogens with two attached hydrogens (primary N) is 2. The van der Waals surface area contributed by atoms with Gasteiger partial charge in [-0.25, -0.2) is 20.1 Å². The quantitative estimate of drug-likeness (QED) is 0.167. The molecule has 4 rings (SSSR count). The third-order valence-corrected chi connectivity index (χ3v) is 3.34. The molecule has 4 aromatic rings. The first-order valence-electron chi connectivity index (χ1n) is 7.97. The molecule has 0 saturated carbocycles. The minimum absolute atomic E-state index is 0. The Morgan fingerprint density at radius 3 is 1.32 bits per heavy atom. The zero-order valence-electron chi connectivity index (χ0n) is 15.6. The molecule has 2 aromatic carbocycles. The van der Waals surface area contributed by atoms with Crippen LogP contribution in [0, 0.1) is 21.3 Å². The molecule has 0 spiro atoms. The summed E-state index contributed by atoms with van der Waals surface area (Å²) in [7, 11) is 0. The van der Waals surface area contributed by atoms with Crippen LogP contribution in [-0.2, 0) is 46.3 Å². The van der Waals surface area contributed by atoms with Crippen LogP contribution in [-0.4, -0.2) is 0 Å². The first-order valence-corrected chi connectivity index (χ1v) is 8.78. The van der Waals surface area contributed by atoms with Crippen LogP contribution in [0.5, 0.6) is 0 Å². The van der Waals surface area contributed by atoms with Crippen LogP contribution in [0.4, 0.5) is 11.4 Å². The van der Waals surface area contributed by atoms with Crippen LogP contribution in [0.2, 0.25) is 0 Å². The van der Waals surface area contributed by atoms with E-state index >= 15 is 0 Å². The van der Waals surface area contributed by atoms with Crippen LogP contribution in [0.3, 0.4) is 0 Å². The van der Waals surface area contributed by atoms with Crippen LogP contribution in [0.25, 0.3) is 21.9 Å². The first kappa shape index (κ1) is 27.6. The number of hydrogen-bond acceptors (Lipinski definition) is 10. The van der Waals surface area contributed by atoms with Gasteiger partial charge < -0.3 is 45.6 Å². The summed E-state index contributed by atoms with van der Waals surface area (Å²) in [6.07, 6.45) is 0. The SMILES string of the molecule is N#C[S-].N#C[S-].Nc1cc2ccccc2oc1=O.Nc1cc2ccccc2oc1=O.[Pt+2]. The van der Waals surface area contributed by atoms with Crippen LogP contribution >= 0.6 is 0 Å². The van der Waals surface area contributed by atoms with E-state index in [0.29, 0.717) is 11.2 Å². The average Bonchev–Trinajstić information content (AvgIpc) is 2.71. The molecule has 0 bridgehead atoms. The first-order chi connectivity index (χ1) is 14.4. The Balaban J connectivity index is 0.000000453. The van der Waals surface area contributed by atoms with Crippen molar-refractivity contribution in [2.45, 2.75) is 0 Å². The van der Waals surface area contributed by atoms with Gasteiger partial charge in [0.05, 0.1) is 0 Å². The maximum Gasteiger partial charge on any atom is 2.00 e. The van der Waals surface area contributed by atoms with E-state index in [1.807, 2.05) is 36.4 Å². The smallest absolute Gasteiger partial charge is 0.696 e. The van der Waals surface area contributed by atoms with Gasteiger partial charge in [0.25, 0.3) is 0 Å². The molecule has 0 amide bonds. The largest absolute Gasteiger partial charge is 2.00 e. The predicted octanol–water partition coefficient (Wildman–Crippen LogP) is 2.78. The molecule has 0 aliphatic heterocycles. The summed E-state index contributed by atoms with van der Waals surface area (Å²) in [5.41, 5.74) is 11.2. The maximum absolute atomic E-state index is 10.9. The standard InChI is InChI=1S/2C9H7NO2.2CHNS.Pt/c2*10-7-5-6-3-1-2-4-8(6)12-9(7)11;2*2-1-3;/h2*1-5H,10H2;2*3H;/q;;;;+2/p-2. The third kappa shape index (κ3) is 8.85. The van der Waals surface area contributed by atoms with E-state index in [4.69, 9.17) is 30.8 Å². The van der Waals surface area contributed by atoms with E-state index in [1.54, 1.807) is 24.3 Å². The van der Waals surface area contributed by atoms with Crippen molar-refractivity contribution in [1.29, 1.82) is 10.5 Å². The molecule has 0 saturated heterocycles. The van der Waals surface area contributed by atoms with Crippen molar-refractivity contribution in [3.8, 4) is 10.8 Å². The van der Waals surface area contributed by atoms with Gasteiger partial charge in [-0.15, -0.1) is 0 Å². The molecule has 0 atom stereocenters. The van der Waals surface area contributed by atoms with E-state index in [2.05, 4.69) is 25.3 Å². The number of thiocyanates is 2. The molecule has 0 aliphatic carbocycles. The normalized spacial score (nSPS) is 8.45. The van der Waals surface area contributed by atoms with Crippen LogP contribution < -0.4 is 22.7 Å².